The van der Waals surface area contributed by atoms with E-state index in [2.05, 4.69) is 5.32 Å². The zero-order chi connectivity index (χ0) is 17.4. The van der Waals surface area contributed by atoms with Gasteiger partial charge in [0, 0.05) is 15.1 Å². The molecule has 1 aliphatic rings. The van der Waals surface area contributed by atoms with E-state index in [-0.39, 0.29) is 19.2 Å². The van der Waals surface area contributed by atoms with Crippen LogP contribution in [0.5, 0.6) is 11.5 Å². The van der Waals surface area contributed by atoms with Crippen LogP contribution in [0.1, 0.15) is 22.2 Å². The summed E-state index contributed by atoms with van der Waals surface area (Å²) in [5.41, 5.74) is -0.674. The molecule has 0 bridgehead atoms. The van der Waals surface area contributed by atoms with E-state index in [1.807, 2.05) is 30.3 Å². The lowest BCUT2D eigenvalue weighted by Crippen LogP contribution is -2.38. The molecule has 0 fully saturated rings. The van der Waals surface area contributed by atoms with Crippen LogP contribution >= 0.6 is 11.3 Å². The highest BCUT2D eigenvalue weighted by atomic mass is 32.1. The molecular formula is C19H17NO4S. The largest absolute Gasteiger partial charge is 0.454 e. The molecule has 0 saturated heterocycles. The summed E-state index contributed by atoms with van der Waals surface area (Å²) in [4.78, 5) is 13.2. The summed E-state index contributed by atoms with van der Waals surface area (Å²) in [6, 6.07) is 15.0. The molecule has 3 aromatic rings. The van der Waals surface area contributed by atoms with Crippen LogP contribution in [0.2, 0.25) is 0 Å². The summed E-state index contributed by atoms with van der Waals surface area (Å²) in [7, 11) is 0. The summed E-state index contributed by atoms with van der Waals surface area (Å²) < 4.78 is 11.6. The monoisotopic (exact) mass is 355 g/mol. The van der Waals surface area contributed by atoms with Gasteiger partial charge in [-0.25, -0.2) is 0 Å². The third-order valence-electron chi connectivity index (χ3n) is 4.18. The Kier molecular flexibility index (Phi) is 3.86. The van der Waals surface area contributed by atoms with Gasteiger partial charge in [-0.3, -0.25) is 4.79 Å². The van der Waals surface area contributed by atoms with Gasteiger partial charge in [-0.05, 0) is 42.6 Å². The fourth-order valence-electron chi connectivity index (χ4n) is 2.73. The van der Waals surface area contributed by atoms with Crippen molar-refractivity contribution in [3.8, 4) is 11.5 Å². The standard InChI is InChI=1S/C19H17NO4S/c1-19(22,17-9-12-4-2-3-5-16(12)25-17)10-20-18(21)13-6-7-14-15(8-13)24-11-23-14/h2-9,22H,10-11H2,1H3,(H,20,21)/t19-/m0/s1. The summed E-state index contributed by atoms with van der Waals surface area (Å²) in [6.45, 7) is 1.99. The number of nitrogens with one attached hydrogen (secondary N) is 1. The number of rotatable bonds is 4. The average Bonchev–Trinajstić information content (AvgIpc) is 3.25. The number of carbonyl (C=O) groups is 1. The highest BCUT2D eigenvalue weighted by Crippen LogP contribution is 2.34. The van der Waals surface area contributed by atoms with Crippen molar-refractivity contribution < 1.29 is 19.4 Å². The molecule has 128 valence electrons. The van der Waals surface area contributed by atoms with E-state index in [4.69, 9.17) is 9.47 Å². The van der Waals surface area contributed by atoms with Crippen LogP contribution in [-0.4, -0.2) is 24.4 Å². The SMILES string of the molecule is C[C@](O)(CNC(=O)c1ccc2c(c1)OCO2)c1cc2ccccc2s1. The molecule has 2 heterocycles. The van der Waals surface area contributed by atoms with Crippen LogP contribution in [0.15, 0.2) is 48.5 Å². The fourth-order valence-corrected chi connectivity index (χ4v) is 3.83. The summed E-state index contributed by atoms with van der Waals surface area (Å²) in [5, 5.41) is 14.7. The van der Waals surface area contributed by atoms with Crippen LogP contribution in [0, 0.1) is 0 Å². The van der Waals surface area contributed by atoms with Gasteiger partial charge >= 0.3 is 0 Å². The Bertz CT molecular complexity index is 915. The molecule has 2 aromatic carbocycles. The summed E-state index contributed by atoms with van der Waals surface area (Å²) >= 11 is 1.53. The minimum absolute atomic E-state index is 0.118. The van der Waals surface area contributed by atoms with E-state index in [0.29, 0.717) is 17.1 Å². The highest BCUT2D eigenvalue weighted by molar-refractivity contribution is 7.19. The molecule has 0 spiro atoms. The average molecular weight is 355 g/mol. The molecule has 1 aliphatic heterocycles. The molecule has 25 heavy (non-hydrogen) atoms. The van der Waals surface area contributed by atoms with Crippen LogP contribution in [0.3, 0.4) is 0 Å². The van der Waals surface area contributed by atoms with Gasteiger partial charge < -0.3 is 19.9 Å². The molecule has 0 unspecified atom stereocenters. The molecule has 4 rings (SSSR count). The van der Waals surface area contributed by atoms with Crippen LogP contribution in [0.4, 0.5) is 0 Å². The first-order valence-corrected chi connectivity index (χ1v) is 8.74. The lowest BCUT2D eigenvalue weighted by molar-refractivity contribution is 0.0557. The molecule has 1 aromatic heterocycles. The van der Waals surface area contributed by atoms with Gasteiger partial charge in [-0.2, -0.15) is 0 Å². The molecule has 0 aliphatic carbocycles. The fraction of sp³-hybridized carbons (Fsp3) is 0.211. The number of carbonyl (C=O) groups excluding carboxylic acids is 1. The molecule has 0 radical (unpaired) electrons. The van der Waals surface area contributed by atoms with Crippen molar-refractivity contribution in [3.05, 3.63) is 59.0 Å². The van der Waals surface area contributed by atoms with Crippen LogP contribution < -0.4 is 14.8 Å². The first-order valence-electron chi connectivity index (χ1n) is 7.92. The smallest absolute Gasteiger partial charge is 0.251 e. The molecule has 6 heteroatoms. The molecule has 0 saturated carbocycles. The van der Waals surface area contributed by atoms with Crippen LogP contribution in [-0.2, 0) is 5.60 Å². The van der Waals surface area contributed by atoms with E-state index < -0.39 is 5.60 Å². The van der Waals surface area contributed by atoms with Gasteiger partial charge in [0.2, 0.25) is 6.79 Å². The van der Waals surface area contributed by atoms with Crippen molar-refractivity contribution in [2.45, 2.75) is 12.5 Å². The predicted molar refractivity (Wildman–Crippen MR) is 96.3 cm³/mol. The lowest BCUT2D eigenvalue weighted by atomic mass is 10.0. The molecule has 1 atom stereocenters. The maximum Gasteiger partial charge on any atom is 0.251 e. The second-order valence-electron chi connectivity index (χ2n) is 6.17. The van der Waals surface area contributed by atoms with E-state index in [1.54, 1.807) is 25.1 Å². The Labute approximate surface area is 148 Å². The van der Waals surface area contributed by atoms with E-state index >= 15 is 0 Å². The van der Waals surface area contributed by atoms with E-state index in [0.717, 1.165) is 15.0 Å². The Balaban J connectivity index is 1.48. The summed E-state index contributed by atoms with van der Waals surface area (Å²) in [6.07, 6.45) is 0. The maximum atomic E-state index is 12.4. The quantitative estimate of drug-likeness (QED) is 0.754. The normalized spacial score (nSPS) is 15.1. The number of fused-ring (bicyclic) bond motifs is 2. The Morgan fingerprint density at radius 3 is 2.84 bits per heavy atom. The Morgan fingerprint density at radius 1 is 1.20 bits per heavy atom. The molecule has 5 nitrogen and oxygen atoms in total. The Morgan fingerprint density at radius 2 is 2.00 bits per heavy atom. The zero-order valence-electron chi connectivity index (χ0n) is 13.6. The lowest BCUT2D eigenvalue weighted by Gasteiger charge is -2.22. The molecule has 1 amide bonds. The number of amides is 1. The predicted octanol–water partition coefficient (Wildman–Crippen LogP) is 3.27. The number of aliphatic hydroxyl groups is 1. The maximum absolute atomic E-state index is 12.4. The van der Waals surface area contributed by atoms with Gasteiger partial charge in [-0.1, -0.05) is 18.2 Å². The summed E-state index contributed by atoms with van der Waals surface area (Å²) in [5.74, 6) is 0.928. The van der Waals surface area contributed by atoms with Crippen LogP contribution in [0.25, 0.3) is 10.1 Å². The molecular weight excluding hydrogens is 338 g/mol. The third-order valence-corrected chi connectivity index (χ3v) is 5.55. The number of ether oxygens (including phenoxy) is 2. The van der Waals surface area contributed by atoms with Gasteiger partial charge in [0.25, 0.3) is 5.91 Å². The second kappa shape index (κ2) is 6.06. The van der Waals surface area contributed by atoms with Crippen molar-refractivity contribution >= 4 is 27.3 Å². The minimum Gasteiger partial charge on any atom is -0.454 e. The first kappa shape index (κ1) is 15.9. The first-order chi connectivity index (χ1) is 12.0. The van der Waals surface area contributed by atoms with Crippen molar-refractivity contribution in [1.82, 2.24) is 5.32 Å². The second-order valence-corrected chi connectivity index (χ2v) is 7.26. The van der Waals surface area contributed by atoms with Crippen molar-refractivity contribution in [1.29, 1.82) is 0 Å². The number of benzene rings is 2. The number of hydrogen-bond acceptors (Lipinski definition) is 5. The number of hydrogen-bond donors (Lipinski definition) is 2. The minimum atomic E-state index is -1.14. The Hall–Kier alpha value is -2.57. The number of thiophene rings is 1. The molecule has 2 N–H and O–H groups in total. The van der Waals surface area contributed by atoms with Crippen molar-refractivity contribution in [2.24, 2.45) is 0 Å². The topological polar surface area (TPSA) is 67.8 Å². The highest BCUT2D eigenvalue weighted by Gasteiger charge is 2.26. The van der Waals surface area contributed by atoms with Gasteiger partial charge in [0.15, 0.2) is 11.5 Å². The van der Waals surface area contributed by atoms with Gasteiger partial charge in [-0.15, -0.1) is 11.3 Å². The van der Waals surface area contributed by atoms with E-state index in [1.165, 1.54) is 11.3 Å². The zero-order valence-corrected chi connectivity index (χ0v) is 14.4. The van der Waals surface area contributed by atoms with Gasteiger partial charge in [0.05, 0.1) is 6.54 Å². The van der Waals surface area contributed by atoms with E-state index in [9.17, 15) is 9.90 Å². The third kappa shape index (κ3) is 3.06. The van der Waals surface area contributed by atoms with Crippen molar-refractivity contribution in [3.63, 3.8) is 0 Å². The van der Waals surface area contributed by atoms with Crippen molar-refractivity contribution in [2.75, 3.05) is 13.3 Å². The van der Waals surface area contributed by atoms with Gasteiger partial charge in [0.1, 0.15) is 5.60 Å².